The Morgan fingerprint density at radius 1 is 1.50 bits per heavy atom. The first-order valence-corrected chi connectivity index (χ1v) is 7.40. The molecule has 0 saturated heterocycles. The molecule has 0 heterocycles. The minimum absolute atomic E-state index is 0.0255. The van der Waals surface area contributed by atoms with Gasteiger partial charge in [-0.15, -0.1) is 0 Å². The fraction of sp³-hybridized carbons (Fsp3) is 0.400. The Hall–Kier alpha value is -0.590. The summed E-state index contributed by atoms with van der Waals surface area (Å²) in [6, 6.07) is 6.55. The Kier molecular flexibility index (Phi) is 4.35. The maximum absolute atomic E-state index is 11.6. The van der Waals surface area contributed by atoms with E-state index in [9.17, 15) is 13.5 Å². The molecular formula is C10H14BrNO3S. The van der Waals surface area contributed by atoms with Gasteiger partial charge in [-0.1, -0.05) is 35.0 Å². The third-order valence-electron chi connectivity index (χ3n) is 2.25. The van der Waals surface area contributed by atoms with Crippen LogP contribution < -0.4 is 5.73 Å². The number of benzene rings is 1. The molecule has 3 N–H and O–H groups in total. The molecule has 4 nitrogen and oxygen atoms in total. The third-order valence-corrected chi connectivity index (χ3v) is 6.20. The molecule has 0 radical (unpaired) electrons. The van der Waals surface area contributed by atoms with Gasteiger partial charge in [-0.2, -0.15) is 0 Å². The van der Waals surface area contributed by atoms with Crippen LogP contribution in [-0.4, -0.2) is 23.4 Å². The molecular weight excluding hydrogens is 294 g/mol. The van der Waals surface area contributed by atoms with Crippen LogP contribution in [0.15, 0.2) is 24.3 Å². The summed E-state index contributed by atoms with van der Waals surface area (Å²) in [7, 11) is -3.33. The van der Waals surface area contributed by atoms with Crippen LogP contribution in [0, 0.1) is 0 Å². The quantitative estimate of drug-likeness (QED) is 0.652. The van der Waals surface area contributed by atoms with Crippen LogP contribution in [0.3, 0.4) is 0 Å². The summed E-state index contributed by atoms with van der Waals surface area (Å²) < 4.78 is 22.1. The molecule has 0 bridgehead atoms. The molecule has 0 aliphatic heterocycles. The maximum atomic E-state index is 11.6. The first-order chi connectivity index (χ1) is 7.38. The van der Waals surface area contributed by atoms with E-state index in [0.29, 0.717) is 11.3 Å². The van der Waals surface area contributed by atoms with Crippen LogP contribution in [0.2, 0.25) is 0 Å². The van der Waals surface area contributed by atoms with E-state index in [1.165, 1.54) is 6.92 Å². The van der Waals surface area contributed by atoms with Crippen molar-refractivity contribution in [3.05, 3.63) is 29.8 Å². The smallest absolute Gasteiger partial charge is 0.165 e. The molecule has 1 aromatic rings. The zero-order chi connectivity index (χ0) is 12.3. The molecule has 0 fully saturated rings. The van der Waals surface area contributed by atoms with Gasteiger partial charge in [-0.25, -0.2) is 8.42 Å². The van der Waals surface area contributed by atoms with E-state index >= 15 is 0 Å². The Bertz CT molecular complexity index is 461. The molecule has 0 saturated carbocycles. The van der Waals surface area contributed by atoms with E-state index < -0.39 is 20.1 Å². The number of anilines is 1. The number of alkyl halides is 1. The van der Waals surface area contributed by atoms with Crippen molar-refractivity contribution in [2.24, 2.45) is 0 Å². The normalized spacial score (nSPS) is 15.7. The summed E-state index contributed by atoms with van der Waals surface area (Å²) >= 11 is 3.01. The van der Waals surface area contributed by atoms with Crippen LogP contribution >= 0.6 is 15.9 Å². The van der Waals surface area contributed by atoms with Crippen LogP contribution in [0.4, 0.5) is 5.69 Å². The number of nitrogen functional groups attached to an aromatic ring is 1. The second kappa shape index (κ2) is 5.16. The molecule has 0 aromatic heterocycles. The summed E-state index contributed by atoms with van der Waals surface area (Å²) in [5, 5.41) is 9.90. The van der Waals surface area contributed by atoms with Crippen molar-refractivity contribution in [2.45, 2.75) is 17.2 Å². The van der Waals surface area contributed by atoms with E-state index in [4.69, 9.17) is 5.73 Å². The predicted molar refractivity (Wildman–Crippen MR) is 68.0 cm³/mol. The summed E-state index contributed by atoms with van der Waals surface area (Å²) in [6.45, 7) is 1.54. The SMILES string of the molecule is CCS(=O)(=O)C(Br)C(O)c1cccc(N)c1. The Balaban J connectivity index is 2.99. The summed E-state index contributed by atoms with van der Waals surface area (Å²) in [6.07, 6.45) is -1.12. The van der Waals surface area contributed by atoms with Gasteiger partial charge in [-0.05, 0) is 17.7 Å². The van der Waals surface area contributed by atoms with Crippen LogP contribution in [0.25, 0.3) is 0 Å². The van der Waals surface area contributed by atoms with Crippen LogP contribution in [0.1, 0.15) is 18.6 Å². The van der Waals surface area contributed by atoms with Gasteiger partial charge < -0.3 is 10.8 Å². The molecule has 0 amide bonds. The van der Waals surface area contributed by atoms with Gasteiger partial charge in [0.15, 0.2) is 9.84 Å². The number of aliphatic hydroxyl groups is 1. The van der Waals surface area contributed by atoms with Crippen molar-refractivity contribution in [2.75, 3.05) is 11.5 Å². The first kappa shape index (κ1) is 13.5. The Morgan fingerprint density at radius 3 is 2.62 bits per heavy atom. The number of rotatable bonds is 4. The van der Waals surface area contributed by atoms with Gasteiger partial charge in [0, 0.05) is 11.4 Å². The van der Waals surface area contributed by atoms with E-state index in [1.807, 2.05) is 0 Å². The standard InChI is InChI=1S/C10H14BrNO3S/c1-2-16(14,15)10(11)9(13)7-4-3-5-8(12)6-7/h3-6,9-10,13H,2,12H2,1H3. The van der Waals surface area contributed by atoms with Crippen molar-refractivity contribution in [3.8, 4) is 0 Å². The van der Waals surface area contributed by atoms with Crippen molar-refractivity contribution >= 4 is 31.5 Å². The zero-order valence-corrected chi connectivity index (χ0v) is 11.2. The van der Waals surface area contributed by atoms with Gasteiger partial charge in [0.2, 0.25) is 0 Å². The monoisotopic (exact) mass is 307 g/mol. The van der Waals surface area contributed by atoms with Gasteiger partial charge >= 0.3 is 0 Å². The lowest BCUT2D eigenvalue weighted by molar-refractivity contribution is 0.195. The highest BCUT2D eigenvalue weighted by Crippen LogP contribution is 2.28. The predicted octanol–water partition coefficient (Wildman–Crippen LogP) is 1.46. The van der Waals surface area contributed by atoms with Crippen LogP contribution in [0.5, 0.6) is 0 Å². The summed E-state index contributed by atoms with van der Waals surface area (Å²) in [5.74, 6) is -0.0255. The molecule has 0 spiro atoms. The Labute approximate surface area is 104 Å². The molecule has 0 aliphatic rings. The number of halogens is 1. The maximum Gasteiger partial charge on any atom is 0.165 e. The Morgan fingerprint density at radius 2 is 2.12 bits per heavy atom. The summed E-state index contributed by atoms with van der Waals surface area (Å²) in [5.41, 5.74) is 6.54. The van der Waals surface area contributed by atoms with Gasteiger partial charge in [0.05, 0.1) is 0 Å². The van der Waals surface area contributed by atoms with Crippen molar-refractivity contribution in [1.82, 2.24) is 0 Å². The second-order valence-corrected chi connectivity index (χ2v) is 7.42. The number of aliphatic hydroxyl groups excluding tert-OH is 1. The molecule has 0 aliphatic carbocycles. The fourth-order valence-corrected chi connectivity index (χ4v) is 3.22. The van der Waals surface area contributed by atoms with Gasteiger partial charge in [-0.3, -0.25) is 0 Å². The molecule has 16 heavy (non-hydrogen) atoms. The number of hydrogen-bond donors (Lipinski definition) is 2. The van der Waals surface area contributed by atoms with Gasteiger partial charge in [0.25, 0.3) is 0 Å². The third kappa shape index (κ3) is 2.96. The lowest BCUT2D eigenvalue weighted by atomic mass is 10.1. The molecule has 2 unspecified atom stereocenters. The van der Waals surface area contributed by atoms with E-state index in [-0.39, 0.29) is 5.75 Å². The molecule has 90 valence electrons. The van der Waals surface area contributed by atoms with Crippen molar-refractivity contribution in [3.63, 3.8) is 0 Å². The largest absolute Gasteiger partial charge is 0.399 e. The average molecular weight is 308 g/mol. The minimum Gasteiger partial charge on any atom is -0.399 e. The van der Waals surface area contributed by atoms with E-state index in [2.05, 4.69) is 15.9 Å². The molecule has 1 aromatic carbocycles. The van der Waals surface area contributed by atoms with Crippen molar-refractivity contribution in [1.29, 1.82) is 0 Å². The number of nitrogens with two attached hydrogens (primary N) is 1. The lowest BCUT2D eigenvalue weighted by Gasteiger charge is -2.17. The highest BCUT2D eigenvalue weighted by atomic mass is 79.9. The van der Waals surface area contributed by atoms with E-state index in [0.717, 1.165) is 0 Å². The molecule has 2 atom stereocenters. The molecule has 6 heteroatoms. The van der Waals surface area contributed by atoms with Gasteiger partial charge in [0.1, 0.15) is 10.3 Å². The number of sulfone groups is 1. The fourth-order valence-electron chi connectivity index (χ4n) is 1.25. The number of hydrogen-bond acceptors (Lipinski definition) is 4. The average Bonchev–Trinajstić information content (AvgIpc) is 2.27. The molecule has 1 rings (SSSR count). The first-order valence-electron chi connectivity index (χ1n) is 4.77. The second-order valence-electron chi connectivity index (χ2n) is 3.42. The summed E-state index contributed by atoms with van der Waals surface area (Å²) in [4.78, 5) is 0. The highest BCUT2D eigenvalue weighted by Gasteiger charge is 2.29. The topological polar surface area (TPSA) is 80.4 Å². The zero-order valence-electron chi connectivity index (χ0n) is 8.80. The minimum atomic E-state index is -3.33. The van der Waals surface area contributed by atoms with Crippen LogP contribution in [-0.2, 0) is 9.84 Å². The van der Waals surface area contributed by atoms with Crippen molar-refractivity contribution < 1.29 is 13.5 Å². The highest BCUT2D eigenvalue weighted by molar-refractivity contribution is 9.11. The lowest BCUT2D eigenvalue weighted by Crippen LogP contribution is -2.24. The van der Waals surface area contributed by atoms with E-state index in [1.54, 1.807) is 24.3 Å².